The molecule has 0 spiro atoms. The van der Waals surface area contributed by atoms with Gasteiger partial charge < -0.3 is 9.47 Å². The van der Waals surface area contributed by atoms with Gasteiger partial charge in [-0.3, -0.25) is 11.3 Å². The molecular weight excluding hydrogens is 254 g/mol. The van der Waals surface area contributed by atoms with E-state index < -0.39 is 13.0 Å². The highest BCUT2D eigenvalue weighted by molar-refractivity contribution is 5.28. The molecule has 0 radical (unpaired) electrons. The standard InChI is InChI=1S/C13H20F2N2O2/c1-18-12-4-2-3-10(8-12)7-11(17-16)5-6-19-9-13(14)15/h2-4,8,11,13,17H,5-7,9,16H2,1H3. The van der Waals surface area contributed by atoms with Crippen molar-refractivity contribution >= 4 is 0 Å². The highest BCUT2D eigenvalue weighted by atomic mass is 19.3. The summed E-state index contributed by atoms with van der Waals surface area (Å²) in [5.74, 6) is 6.23. The van der Waals surface area contributed by atoms with Crippen LogP contribution in [-0.2, 0) is 11.2 Å². The number of rotatable bonds is 9. The van der Waals surface area contributed by atoms with Crippen LogP contribution in [0.3, 0.4) is 0 Å². The summed E-state index contributed by atoms with van der Waals surface area (Å²) in [6.45, 7) is -0.278. The number of hydrogen-bond acceptors (Lipinski definition) is 4. The minimum absolute atomic E-state index is 0.0234. The lowest BCUT2D eigenvalue weighted by Crippen LogP contribution is -2.37. The van der Waals surface area contributed by atoms with Crippen molar-refractivity contribution in [3.8, 4) is 5.75 Å². The van der Waals surface area contributed by atoms with Gasteiger partial charge in [0.25, 0.3) is 6.43 Å². The van der Waals surface area contributed by atoms with E-state index in [9.17, 15) is 8.78 Å². The minimum Gasteiger partial charge on any atom is -0.497 e. The molecule has 0 aliphatic carbocycles. The van der Waals surface area contributed by atoms with Gasteiger partial charge in [0.2, 0.25) is 0 Å². The van der Waals surface area contributed by atoms with E-state index >= 15 is 0 Å². The van der Waals surface area contributed by atoms with Gasteiger partial charge in [-0.25, -0.2) is 8.78 Å². The number of ether oxygens (including phenoxy) is 2. The van der Waals surface area contributed by atoms with Gasteiger partial charge in [-0.05, 0) is 30.5 Å². The quantitative estimate of drug-likeness (QED) is 0.409. The van der Waals surface area contributed by atoms with Crippen molar-refractivity contribution in [1.29, 1.82) is 0 Å². The normalized spacial score (nSPS) is 12.7. The second-order valence-corrected chi connectivity index (χ2v) is 4.17. The molecule has 0 aliphatic rings. The number of benzene rings is 1. The summed E-state index contributed by atoms with van der Waals surface area (Å²) in [5.41, 5.74) is 3.73. The second kappa shape index (κ2) is 8.79. The SMILES string of the molecule is COc1cccc(CC(CCOCC(F)F)NN)c1. The Morgan fingerprint density at radius 3 is 2.79 bits per heavy atom. The van der Waals surface area contributed by atoms with E-state index in [1.54, 1.807) is 7.11 Å². The van der Waals surface area contributed by atoms with Crippen LogP contribution in [-0.4, -0.2) is 32.8 Å². The Balaban J connectivity index is 2.38. The first-order valence-electron chi connectivity index (χ1n) is 6.10. The van der Waals surface area contributed by atoms with Crippen LogP contribution in [0.4, 0.5) is 8.78 Å². The summed E-state index contributed by atoms with van der Waals surface area (Å²) in [4.78, 5) is 0. The molecule has 0 aliphatic heterocycles. The van der Waals surface area contributed by atoms with Crippen LogP contribution in [0.2, 0.25) is 0 Å². The molecule has 1 unspecified atom stereocenters. The molecular formula is C13H20F2N2O2. The van der Waals surface area contributed by atoms with Gasteiger partial charge in [0.05, 0.1) is 7.11 Å². The number of alkyl halides is 2. The predicted molar refractivity (Wildman–Crippen MR) is 69.2 cm³/mol. The summed E-state index contributed by atoms with van der Waals surface area (Å²) in [5, 5.41) is 0. The average Bonchev–Trinajstić information content (AvgIpc) is 2.42. The zero-order chi connectivity index (χ0) is 14.1. The fourth-order valence-corrected chi connectivity index (χ4v) is 1.73. The lowest BCUT2D eigenvalue weighted by Gasteiger charge is -2.16. The van der Waals surface area contributed by atoms with E-state index in [2.05, 4.69) is 5.43 Å². The van der Waals surface area contributed by atoms with Crippen molar-refractivity contribution < 1.29 is 18.3 Å². The van der Waals surface area contributed by atoms with Crippen LogP contribution < -0.4 is 16.0 Å². The van der Waals surface area contributed by atoms with Crippen molar-refractivity contribution in [2.45, 2.75) is 25.3 Å². The molecule has 4 nitrogen and oxygen atoms in total. The Morgan fingerprint density at radius 2 is 2.16 bits per heavy atom. The fraction of sp³-hybridized carbons (Fsp3) is 0.538. The molecule has 0 bridgehead atoms. The summed E-state index contributed by atoms with van der Waals surface area (Å²) < 4.78 is 33.8. The maximum atomic E-state index is 11.9. The Bertz CT molecular complexity index is 364. The molecule has 0 saturated carbocycles. The third-order valence-corrected chi connectivity index (χ3v) is 2.71. The Hall–Kier alpha value is -1.24. The molecule has 0 amide bonds. The number of nitrogens with two attached hydrogens (primary N) is 1. The van der Waals surface area contributed by atoms with Crippen molar-refractivity contribution in [1.82, 2.24) is 5.43 Å². The van der Waals surface area contributed by atoms with Crippen molar-refractivity contribution in [2.75, 3.05) is 20.3 Å². The molecule has 3 N–H and O–H groups in total. The molecule has 0 fully saturated rings. The first-order chi connectivity index (χ1) is 9.15. The van der Waals surface area contributed by atoms with E-state index in [1.165, 1.54) is 0 Å². The van der Waals surface area contributed by atoms with Gasteiger partial charge in [0, 0.05) is 12.6 Å². The molecule has 19 heavy (non-hydrogen) atoms. The number of halogens is 2. The van der Waals surface area contributed by atoms with Crippen molar-refractivity contribution in [3.63, 3.8) is 0 Å². The number of hydrazine groups is 1. The van der Waals surface area contributed by atoms with E-state index in [-0.39, 0.29) is 12.6 Å². The Kier molecular flexibility index (Phi) is 7.32. The van der Waals surface area contributed by atoms with E-state index in [4.69, 9.17) is 15.3 Å². The zero-order valence-corrected chi connectivity index (χ0v) is 10.9. The largest absolute Gasteiger partial charge is 0.497 e. The summed E-state index contributed by atoms with van der Waals surface area (Å²) in [7, 11) is 1.61. The Morgan fingerprint density at radius 1 is 1.37 bits per heavy atom. The molecule has 0 saturated heterocycles. The summed E-state index contributed by atoms with van der Waals surface area (Å²) in [6.07, 6.45) is -1.17. The number of hydrogen-bond donors (Lipinski definition) is 2. The molecule has 1 aromatic carbocycles. The van der Waals surface area contributed by atoms with Crippen LogP contribution in [0.1, 0.15) is 12.0 Å². The van der Waals surface area contributed by atoms with E-state index in [1.807, 2.05) is 24.3 Å². The van der Waals surface area contributed by atoms with Crippen molar-refractivity contribution in [2.24, 2.45) is 5.84 Å². The monoisotopic (exact) mass is 274 g/mol. The van der Waals surface area contributed by atoms with Gasteiger partial charge in [0.15, 0.2) is 0 Å². The van der Waals surface area contributed by atoms with Crippen LogP contribution in [0.25, 0.3) is 0 Å². The predicted octanol–water partition coefficient (Wildman–Crippen LogP) is 1.74. The first kappa shape index (κ1) is 15.8. The van der Waals surface area contributed by atoms with Crippen molar-refractivity contribution in [3.05, 3.63) is 29.8 Å². The van der Waals surface area contributed by atoms with Gasteiger partial charge in [0.1, 0.15) is 12.4 Å². The van der Waals surface area contributed by atoms with Gasteiger partial charge in [-0.2, -0.15) is 0 Å². The third-order valence-electron chi connectivity index (χ3n) is 2.71. The lowest BCUT2D eigenvalue weighted by molar-refractivity contribution is 0.0144. The molecule has 1 rings (SSSR count). The molecule has 0 heterocycles. The smallest absolute Gasteiger partial charge is 0.261 e. The van der Waals surface area contributed by atoms with Crippen LogP contribution in [0.5, 0.6) is 5.75 Å². The average molecular weight is 274 g/mol. The van der Waals surface area contributed by atoms with Gasteiger partial charge >= 0.3 is 0 Å². The maximum absolute atomic E-state index is 11.9. The van der Waals surface area contributed by atoms with Crippen LogP contribution in [0, 0.1) is 0 Å². The summed E-state index contributed by atoms with van der Waals surface area (Å²) >= 11 is 0. The second-order valence-electron chi connectivity index (χ2n) is 4.17. The molecule has 1 atom stereocenters. The molecule has 1 aromatic rings. The maximum Gasteiger partial charge on any atom is 0.261 e. The zero-order valence-electron chi connectivity index (χ0n) is 10.9. The third kappa shape index (κ3) is 6.47. The van der Waals surface area contributed by atoms with E-state index in [0.717, 1.165) is 11.3 Å². The fourth-order valence-electron chi connectivity index (χ4n) is 1.73. The minimum atomic E-state index is -2.43. The van der Waals surface area contributed by atoms with E-state index in [0.29, 0.717) is 12.8 Å². The topological polar surface area (TPSA) is 56.5 Å². The molecule has 0 aromatic heterocycles. The number of nitrogens with one attached hydrogen (secondary N) is 1. The van der Waals surface area contributed by atoms with Gasteiger partial charge in [-0.1, -0.05) is 12.1 Å². The number of methoxy groups -OCH3 is 1. The molecule has 108 valence electrons. The van der Waals surface area contributed by atoms with Crippen LogP contribution >= 0.6 is 0 Å². The van der Waals surface area contributed by atoms with Crippen LogP contribution in [0.15, 0.2) is 24.3 Å². The summed E-state index contributed by atoms with van der Waals surface area (Å²) in [6, 6.07) is 7.62. The lowest BCUT2D eigenvalue weighted by atomic mass is 10.0. The van der Waals surface area contributed by atoms with Gasteiger partial charge in [-0.15, -0.1) is 0 Å². The molecule has 6 heteroatoms. The highest BCUT2D eigenvalue weighted by Crippen LogP contribution is 2.14. The Labute approximate surface area is 111 Å². The first-order valence-corrected chi connectivity index (χ1v) is 6.10. The highest BCUT2D eigenvalue weighted by Gasteiger charge is 2.09.